The van der Waals surface area contributed by atoms with Crippen molar-refractivity contribution in [3.05, 3.63) is 29.0 Å². The zero-order valence-electron chi connectivity index (χ0n) is 12.2. The number of rotatable bonds is 6. The van der Waals surface area contributed by atoms with E-state index < -0.39 is 15.8 Å². The van der Waals surface area contributed by atoms with Gasteiger partial charge in [0.15, 0.2) is 0 Å². The van der Waals surface area contributed by atoms with Crippen LogP contribution in [-0.4, -0.2) is 32.4 Å². The Morgan fingerprint density at radius 3 is 2.48 bits per heavy atom. The van der Waals surface area contributed by atoms with Gasteiger partial charge in [-0.15, -0.1) is 12.4 Å². The fourth-order valence-corrected chi connectivity index (χ4v) is 3.29. The van der Waals surface area contributed by atoms with Gasteiger partial charge in [-0.2, -0.15) is 0 Å². The maximum absolute atomic E-state index is 13.2. The normalized spacial score (nSPS) is 13.3. The molecule has 0 fully saturated rings. The zero-order valence-corrected chi connectivity index (χ0v) is 14.6. The monoisotopic (exact) mass is 358 g/mol. The summed E-state index contributed by atoms with van der Waals surface area (Å²) in [5.41, 5.74) is 5.89. The lowest BCUT2D eigenvalue weighted by Crippen LogP contribution is -2.34. The Morgan fingerprint density at radius 1 is 1.38 bits per heavy atom. The van der Waals surface area contributed by atoms with Gasteiger partial charge in [0.1, 0.15) is 10.7 Å². The second-order valence-electron chi connectivity index (χ2n) is 5.10. The minimum atomic E-state index is -3.81. The van der Waals surface area contributed by atoms with Gasteiger partial charge in [-0.05, 0) is 30.5 Å². The van der Waals surface area contributed by atoms with E-state index in [2.05, 4.69) is 0 Å². The highest BCUT2D eigenvalue weighted by Gasteiger charge is 2.24. The molecule has 1 aromatic rings. The van der Waals surface area contributed by atoms with Crippen LogP contribution in [0.25, 0.3) is 0 Å². The molecule has 0 radical (unpaired) electrons. The Labute approximate surface area is 136 Å². The largest absolute Gasteiger partial charge is 0.327 e. The van der Waals surface area contributed by atoms with Crippen molar-refractivity contribution < 1.29 is 12.8 Å². The van der Waals surface area contributed by atoms with E-state index >= 15 is 0 Å². The molecule has 122 valence electrons. The summed E-state index contributed by atoms with van der Waals surface area (Å²) in [6.45, 7) is 4.21. The lowest BCUT2D eigenvalue weighted by molar-refractivity contribution is 0.397. The fourth-order valence-electron chi connectivity index (χ4n) is 1.63. The number of hydrogen-bond acceptors (Lipinski definition) is 3. The van der Waals surface area contributed by atoms with Crippen molar-refractivity contribution in [3.63, 3.8) is 0 Å². The van der Waals surface area contributed by atoms with Crippen LogP contribution in [-0.2, 0) is 10.0 Å². The standard InChI is InChI=1S/C13H20ClFN2O2S.ClH/c1-9(2)12(16)6-7-17(3)20(18,19)13-8-10(15)4-5-11(13)14;/h4-5,8-9,12H,6-7,16H2,1-3H3;1H. The van der Waals surface area contributed by atoms with Crippen molar-refractivity contribution in [2.75, 3.05) is 13.6 Å². The summed E-state index contributed by atoms with van der Waals surface area (Å²) in [5.74, 6) is -0.371. The van der Waals surface area contributed by atoms with Gasteiger partial charge in [0.25, 0.3) is 0 Å². The minimum Gasteiger partial charge on any atom is -0.327 e. The molecular weight excluding hydrogens is 338 g/mol. The number of nitrogens with two attached hydrogens (primary N) is 1. The first-order chi connectivity index (χ1) is 9.16. The second-order valence-corrected chi connectivity index (χ2v) is 7.52. The molecule has 2 N–H and O–H groups in total. The topological polar surface area (TPSA) is 63.4 Å². The van der Waals surface area contributed by atoms with Gasteiger partial charge in [0, 0.05) is 19.6 Å². The van der Waals surface area contributed by atoms with Crippen molar-refractivity contribution in [1.29, 1.82) is 0 Å². The van der Waals surface area contributed by atoms with Crippen LogP contribution >= 0.6 is 24.0 Å². The lowest BCUT2D eigenvalue weighted by Gasteiger charge is -2.21. The minimum absolute atomic E-state index is 0. The average Bonchev–Trinajstić information content (AvgIpc) is 2.37. The molecule has 0 aliphatic heterocycles. The van der Waals surface area contributed by atoms with Gasteiger partial charge in [-0.3, -0.25) is 0 Å². The van der Waals surface area contributed by atoms with Crippen LogP contribution in [0.1, 0.15) is 20.3 Å². The van der Waals surface area contributed by atoms with E-state index in [1.807, 2.05) is 13.8 Å². The molecule has 0 aromatic heterocycles. The first kappa shape index (κ1) is 20.6. The van der Waals surface area contributed by atoms with E-state index in [0.29, 0.717) is 6.42 Å². The quantitative estimate of drug-likeness (QED) is 0.850. The molecule has 1 rings (SSSR count). The summed E-state index contributed by atoms with van der Waals surface area (Å²) < 4.78 is 39.0. The fraction of sp³-hybridized carbons (Fsp3) is 0.538. The first-order valence-corrected chi connectivity index (χ1v) is 8.15. The highest BCUT2D eigenvalue weighted by atomic mass is 35.5. The third-order valence-corrected chi connectivity index (χ3v) is 5.55. The maximum Gasteiger partial charge on any atom is 0.244 e. The van der Waals surface area contributed by atoms with Crippen LogP contribution in [0.2, 0.25) is 5.02 Å². The number of halogens is 3. The van der Waals surface area contributed by atoms with Crippen LogP contribution in [0.5, 0.6) is 0 Å². The van der Waals surface area contributed by atoms with Gasteiger partial charge < -0.3 is 5.73 Å². The summed E-state index contributed by atoms with van der Waals surface area (Å²) >= 11 is 5.84. The summed E-state index contributed by atoms with van der Waals surface area (Å²) in [5, 5.41) is 0.00593. The number of nitrogens with zero attached hydrogens (tertiary/aromatic N) is 1. The molecule has 8 heteroatoms. The molecule has 4 nitrogen and oxygen atoms in total. The van der Waals surface area contributed by atoms with E-state index in [9.17, 15) is 12.8 Å². The molecule has 0 saturated carbocycles. The third kappa shape index (κ3) is 5.38. The summed E-state index contributed by atoms with van der Waals surface area (Å²) in [6.07, 6.45) is 0.528. The van der Waals surface area contributed by atoms with Crippen LogP contribution < -0.4 is 5.73 Å². The van der Waals surface area contributed by atoms with Gasteiger partial charge in [0.05, 0.1) is 5.02 Å². The van der Waals surface area contributed by atoms with Crippen molar-refractivity contribution in [2.24, 2.45) is 11.7 Å². The molecule has 1 aromatic carbocycles. The number of hydrogen-bond donors (Lipinski definition) is 1. The smallest absolute Gasteiger partial charge is 0.244 e. The maximum atomic E-state index is 13.2. The van der Waals surface area contributed by atoms with Crippen molar-refractivity contribution >= 4 is 34.0 Å². The van der Waals surface area contributed by atoms with E-state index in [1.54, 1.807) is 0 Å². The Balaban J connectivity index is 0.00000400. The number of sulfonamides is 1. The molecule has 0 bridgehead atoms. The molecule has 0 saturated heterocycles. The van der Waals surface area contributed by atoms with Crippen molar-refractivity contribution in [2.45, 2.75) is 31.2 Å². The third-order valence-electron chi connectivity index (χ3n) is 3.22. The average molecular weight is 359 g/mol. The Bertz CT molecular complexity index is 567. The summed E-state index contributed by atoms with van der Waals surface area (Å²) in [4.78, 5) is -0.222. The predicted octanol–water partition coefficient (Wildman–Crippen LogP) is 2.89. The van der Waals surface area contributed by atoms with Gasteiger partial charge in [0.2, 0.25) is 10.0 Å². The Hall–Kier alpha value is -0.400. The lowest BCUT2D eigenvalue weighted by atomic mass is 10.0. The van der Waals surface area contributed by atoms with Crippen LogP contribution in [0.3, 0.4) is 0 Å². The SMILES string of the molecule is CC(C)C(N)CCN(C)S(=O)(=O)c1cc(F)ccc1Cl.Cl. The number of benzene rings is 1. The van der Waals surface area contributed by atoms with E-state index in [0.717, 1.165) is 16.4 Å². The highest BCUT2D eigenvalue weighted by Crippen LogP contribution is 2.25. The van der Waals surface area contributed by atoms with E-state index in [-0.39, 0.29) is 40.8 Å². The Morgan fingerprint density at radius 2 is 1.95 bits per heavy atom. The predicted molar refractivity (Wildman–Crippen MR) is 85.9 cm³/mol. The second kappa shape index (κ2) is 8.29. The van der Waals surface area contributed by atoms with Crippen molar-refractivity contribution in [1.82, 2.24) is 4.31 Å². The van der Waals surface area contributed by atoms with E-state index in [4.69, 9.17) is 17.3 Å². The van der Waals surface area contributed by atoms with Crippen LogP contribution in [0.4, 0.5) is 4.39 Å². The van der Waals surface area contributed by atoms with Crippen LogP contribution in [0.15, 0.2) is 23.1 Å². The van der Waals surface area contributed by atoms with Gasteiger partial charge >= 0.3 is 0 Å². The van der Waals surface area contributed by atoms with Crippen LogP contribution in [0, 0.1) is 11.7 Å². The molecule has 1 unspecified atom stereocenters. The summed E-state index contributed by atoms with van der Waals surface area (Å²) in [7, 11) is -2.37. The van der Waals surface area contributed by atoms with Crippen molar-refractivity contribution in [3.8, 4) is 0 Å². The molecule has 1 atom stereocenters. The molecule has 0 aliphatic rings. The summed E-state index contributed by atoms with van der Waals surface area (Å²) in [6, 6.07) is 3.19. The van der Waals surface area contributed by atoms with E-state index in [1.165, 1.54) is 13.1 Å². The van der Waals surface area contributed by atoms with Gasteiger partial charge in [-0.1, -0.05) is 25.4 Å². The molecule has 0 amide bonds. The van der Waals surface area contributed by atoms with Gasteiger partial charge in [-0.25, -0.2) is 17.1 Å². The molecule has 21 heavy (non-hydrogen) atoms. The molecular formula is C13H21Cl2FN2O2S. The molecule has 0 spiro atoms. The first-order valence-electron chi connectivity index (χ1n) is 6.33. The highest BCUT2D eigenvalue weighted by molar-refractivity contribution is 7.89. The zero-order chi connectivity index (χ0) is 15.5. The molecule has 0 aliphatic carbocycles. The Kier molecular flexibility index (Phi) is 8.13. The molecule has 0 heterocycles.